The fourth-order valence-electron chi connectivity index (χ4n) is 12.5. The molecule has 123 heavy (non-hydrogen) atoms. The largest absolute Gasteiger partial charge is 0.472 e. The average molecular weight is 1750 g/mol. The number of aliphatic hydroxyl groups is 2. The minimum Gasteiger partial charge on any atom is -0.463 e. The van der Waals surface area contributed by atoms with Crippen molar-refractivity contribution >= 4 is 33.6 Å². The lowest BCUT2D eigenvalue weighted by atomic mass is 10.0. The number of ether oxygens (including phenoxy) is 3. The Kier molecular flexibility index (Phi) is 90.3. The number of hydrogen-bond donors (Lipinski definition) is 4. The quantitative estimate of drug-likeness (QED) is 0.0146. The van der Waals surface area contributed by atoms with Gasteiger partial charge in [-0.25, -0.2) is 9.13 Å². The van der Waals surface area contributed by atoms with Crippen molar-refractivity contribution in [2.24, 2.45) is 0 Å². The molecule has 0 aliphatic heterocycles. The number of esters is 3. The number of phosphoric acid groups is 2. The van der Waals surface area contributed by atoms with E-state index in [4.69, 9.17) is 32.3 Å². The smallest absolute Gasteiger partial charge is 0.463 e. The van der Waals surface area contributed by atoms with E-state index in [0.717, 1.165) is 161 Å². The maximum absolute atomic E-state index is 13.0. The highest BCUT2D eigenvalue weighted by Crippen LogP contribution is 2.45. The third kappa shape index (κ3) is 96.4. The maximum Gasteiger partial charge on any atom is 0.472 e. The van der Waals surface area contributed by atoms with E-state index in [9.17, 15) is 43.5 Å². The fraction of sp³-hybridized carbons (Fsp3) is 0.629. The van der Waals surface area contributed by atoms with Crippen LogP contribution in [0.1, 0.15) is 367 Å². The lowest BCUT2D eigenvalue weighted by molar-refractivity contribution is -0.161. The second-order valence-corrected chi connectivity index (χ2v) is 34.3. The zero-order valence-corrected chi connectivity index (χ0v) is 78.8. The molecule has 0 saturated heterocycles. The summed E-state index contributed by atoms with van der Waals surface area (Å²) in [7, 11) is -9.85. The first-order chi connectivity index (χ1) is 60.2. The molecule has 0 aromatic heterocycles. The minimum absolute atomic E-state index is 0.0267. The van der Waals surface area contributed by atoms with E-state index in [1.165, 1.54) is 141 Å². The van der Waals surface area contributed by atoms with E-state index < -0.39 is 91.5 Å². The van der Waals surface area contributed by atoms with Crippen molar-refractivity contribution in [1.82, 2.24) is 0 Å². The molecule has 0 aromatic carbocycles. The summed E-state index contributed by atoms with van der Waals surface area (Å²) in [6.07, 6.45) is 130. The van der Waals surface area contributed by atoms with Crippen molar-refractivity contribution in [3.05, 3.63) is 219 Å². The predicted molar refractivity (Wildman–Crippen MR) is 518 cm³/mol. The molecule has 0 aliphatic rings. The third-order valence-electron chi connectivity index (χ3n) is 19.7. The van der Waals surface area contributed by atoms with Crippen LogP contribution in [0.3, 0.4) is 0 Å². The van der Waals surface area contributed by atoms with E-state index in [-0.39, 0.29) is 19.3 Å². The van der Waals surface area contributed by atoms with Crippen LogP contribution < -0.4 is 0 Å². The van der Waals surface area contributed by atoms with Crippen LogP contribution in [0.15, 0.2) is 219 Å². The Hall–Kier alpha value is -6.13. The van der Waals surface area contributed by atoms with Crippen LogP contribution in [0, 0.1) is 0 Å². The molecule has 0 aromatic rings. The van der Waals surface area contributed by atoms with Gasteiger partial charge in [0.05, 0.1) is 26.4 Å². The molecule has 5 atom stereocenters. The van der Waals surface area contributed by atoms with Crippen molar-refractivity contribution in [2.45, 2.75) is 386 Å². The molecule has 698 valence electrons. The van der Waals surface area contributed by atoms with Gasteiger partial charge in [-0.2, -0.15) is 0 Å². The molecular weight excluding hydrogens is 1580 g/mol. The van der Waals surface area contributed by atoms with Crippen LogP contribution in [0.4, 0.5) is 0 Å². The first kappa shape index (κ1) is 117. The van der Waals surface area contributed by atoms with Gasteiger partial charge in [0.1, 0.15) is 25.4 Å². The standard InChI is InChI=1S/C105H172O16P2/c1-4-7-10-13-16-19-22-25-28-31-34-36-38-40-42-44-46-48-49-51-53-54-56-58-60-62-65-67-70-73-76-79-82-85-88-91-103(108)115-94-100(106)95-117-122(111,112)118-96-101(107)97-119-123(113,114)120-99-102(121-105(110)93-90-87-84-81-78-75-72-69-64-33-30-27-24-21-18-15-12-9-6-3)98-116-104(109)92-89-86-83-80-77-74-71-68-66-63-61-59-57-55-52-50-47-45-43-41-39-37-35-32-29-26-23-20-17-14-11-8-5-2/h7-12,16-21,25-30,34-37,40-43,46-48,50,64,69,75,78,84,87,100-102,106-107H,4-6,13-15,22-24,31-33,38-39,44-45,49,51-63,65-68,70-74,76-77,79-83,85-86,88-99H2,1-3H3,(H,111,112)(H,113,114)/b10-7-,11-8-,12-9-,19-16-,20-17-,21-18-,28-25-,29-26-,30-27-,36-34-,37-35-,42-40-,43-41-,48-46-,50-47-,69-64-,78-75-,87-84-. The summed E-state index contributed by atoms with van der Waals surface area (Å²) in [5, 5.41) is 20.7. The Morgan fingerprint density at radius 1 is 0.228 bits per heavy atom. The lowest BCUT2D eigenvalue weighted by Crippen LogP contribution is -2.29. The lowest BCUT2D eigenvalue weighted by Gasteiger charge is -2.21. The Labute approximate surface area is 749 Å². The zero-order chi connectivity index (χ0) is 89.3. The van der Waals surface area contributed by atoms with Crippen LogP contribution in [0.5, 0.6) is 0 Å². The average Bonchev–Trinajstić information content (AvgIpc) is 0.899. The predicted octanol–water partition coefficient (Wildman–Crippen LogP) is 30.1. The van der Waals surface area contributed by atoms with Crippen LogP contribution in [-0.4, -0.2) is 95.9 Å². The zero-order valence-electron chi connectivity index (χ0n) is 77.0. The molecule has 4 N–H and O–H groups in total. The number of rotatable bonds is 89. The van der Waals surface area contributed by atoms with Gasteiger partial charge in [0.2, 0.25) is 0 Å². The number of carbonyl (C=O) groups is 3. The van der Waals surface area contributed by atoms with Gasteiger partial charge < -0.3 is 34.2 Å². The van der Waals surface area contributed by atoms with Crippen LogP contribution >= 0.6 is 15.6 Å². The number of phosphoric ester groups is 2. The monoisotopic (exact) mass is 1750 g/mol. The Balaban J connectivity index is 4.56. The van der Waals surface area contributed by atoms with Crippen molar-refractivity contribution in [1.29, 1.82) is 0 Å². The Morgan fingerprint density at radius 3 is 0.675 bits per heavy atom. The first-order valence-electron chi connectivity index (χ1n) is 48.0. The van der Waals surface area contributed by atoms with Crippen molar-refractivity contribution in [3.8, 4) is 0 Å². The topological polar surface area (TPSA) is 231 Å². The molecule has 0 bridgehead atoms. The van der Waals surface area contributed by atoms with E-state index in [1.807, 2.05) is 18.2 Å². The molecule has 0 aliphatic carbocycles. The van der Waals surface area contributed by atoms with E-state index >= 15 is 0 Å². The van der Waals surface area contributed by atoms with Crippen LogP contribution in [-0.2, 0) is 55.8 Å². The second kappa shape index (κ2) is 95.0. The first-order valence-corrected chi connectivity index (χ1v) is 51.0. The molecule has 0 spiro atoms. The van der Waals surface area contributed by atoms with Gasteiger partial charge >= 0.3 is 33.6 Å². The number of allylic oxidation sites excluding steroid dienone is 36. The number of aliphatic hydroxyl groups excluding tert-OH is 2. The molecule has 0 rings (SSSR count). The molecule has 0 fully saturated rings. The number of unbranched alkanes of at least 4 members (excludes halogenated alkanes) is 30. The molecule has 0 radical (unpaired) electrons. The summed E-state index contributed by atoms with van der Waals surface area (Å²) in [4.78, 5) is 59.0. The molecule has 0 saturated carbocycles. The van der Waals surface area contributed by atoms with Gasteiger partial charge in [-0.15, -0.1) is 0 Å². The SMILES string of the molecule is CC/C=C\C/C=C\C/C=C\C/C=C\C/C=C\C/C=C\CCCCCCCCCCCCCCCCCCC(=O)OCC(O)COP(=O)(O)OCC(O)COP(=O)(O)OCC(COC(=O)CCCCCCCCCCCCCCCC/C=C\C/C=C\C/C=C\C/C=C\C/C=C\C/C=C\CC)OC(=O)CC/C=C\C/C=C\C/C=C\C/C=C\C/C=C\C/C=C\CC. The second-order valence-electron chi connectivity index (χ2n) is 31.4. The van der Waals surface area contributed by atoms with Crippen LogP contribution in [0.2, 0.25) is 0 Å². The highest BCUT2D eigenvalue weighted by Gasteiger charge is 2.29. The van der Waals surface area contributed by atoms with Crippen LogP contribution in [0.25, 0.3) is 0 Å². The molecule has 5 unspecified atom stereocenters. The fourth-order valence-corrected chi connectivity index (χ4v) is 14.1. The normalized spacial score (nSPS) is 14.7. The van der Waals surface area contributed by atoms with Gasteiger partial charge in [0, 0.05) is 19.3 Å². The number of hydrogen-bond acceptors (Lipinski definition) is 14. The van der Waals surface area contributed by atoms with Gasteiger partial charge in [0.15, 0.2) is 6.10 Å². The highest BCUT2D eigenvalue weighted by molar-refractivity contribution is 7.47. The summed E-state index contributed by atoms with van der Waals surface area (Å²) in [5.74, 6) is -1.68. The van der Waals surface area contributed by atoms with Gasteiger partial charge in [-0.1, -0.05) is 406 Å². The number of carbonyl (C=O) groups excluding carboxylic acids is 3. The van der Waals surface area contributed by atoms with Crippen molar-refractivity contribution < 1.29 is 75.8 Å². The summed E-state index contributed by atoms with van der Waals surface area (Å²) in [6, 6.07) is 0. The van der Waals surface area contributed by atoms with Crippen molar-refractivity contribution in [3.63, 3.8) is 0 Å². The maximum atomic E-state index is 13.0. The minimum atomic E-state index is -4.97. The molecule has 18 heteroatoms. The molecular formula is C105H172O16P2. The van der Waals surface area contributed by atoms with Gasteiger partial charge in [0.25, 0.3) is 0 Å². The Bertz CT molecular complexity index is 3120. The molecule has 0 heterocycles. The van der Waals surface area contributed by atoms with E-state index in [2.05, 4.69) is 221 Å². The van der Waals surface area contributed by atoms with E-state index in [0.29, 0.717) is 25.7 Å². The van der Waals surface area contributed by atoms with Gasteiger partial charge in [-0.05, 0) is 161 Å². The highest BCUT2D eigenvalue weighted by atomic mass is 31.2. The molecule has 0 amide bonds. The summed E-state index contributed by atoms with van der Waals surface area (Å²) < 4.78 is 61.4. The summed E-state index contributed by atoms with van der Waals surface area (Å²) in [6.45, 7) is 2.27. The Morgan fingerprint density at radius 2 is 0.423 bits per heavy atom. The van der Waals surface area contributed by atoms with Crippen molar-refractivity contribution in [2.75, 3.05) is 39.6 Å². The van der Waals surface area contributed by atoms with E-state index in [1.54, 1.807) is 0 Å². The van der Waals surface area contributed by atoms with Gasteiger partial charge in [-0.3, -0.25) is 32.5 Å². The molecule has 16 nitrogen and oxygen atoms in total. The third-order valence-corrected chi connectivity index (χ3v) is 21.6. The summed E-state index contributed by atoms with van der Waals surface area (Å²) >= 11 is 0. The summed E-state index contributed by atoms with van der Waals surface area (Å²) in [5.41, 5.74) is 0.